The van der Waals surface area contributed by atoms with E-state index >= 15 is 0 Å². The molecule has 0 bridgehead atoms. The lowest BCUT2D eigenvalue weighted by Crippen LogP contribution is -2.43. The standard InChI is InChI=1S/C19H31N3O5S/c1-4-19(26)27-10-8-20-17(24)7-11-28-13-16(12-14(2)21-15(3)23)22-9-5-6-18(22)25/h4,14,16H,1,5-13H2,2-3H3,(H,20,24)(H,21,23). The average molecular weight is 414 g/mol. The third-order valence-electron chi connectivity index (χ3n) is 4.24. The first-order chi connectivity index (χ1) is 13.3. The van der Waals surface area contributed by atoms with E-state index in [-0.39, 0.29) is 43.0 Å². The van der Waals surface area contributed by atoms with Crippen LogP contribution in [0.4, 0.5) is 0 Å². The number of likely N-dealkylation sites (tertiary alicyclic amines) is 1. The Morgan fingerprint density at radius 1 is 1.39 bits per heavy atom. The minimum absolute atomic E-state index is 0.0157. The lowest BCUT2D eigenvalue weighted by molar-refractivity contribution is -0.138. The molecule has 0 spiro atoms. The number of thioether (sulfide) groups is 1. The lowest BCUT2D eigenvalue weighted by atomic mass is 10.1. The quantitative estimate of drug-likeness (QED) is 0.264. The molecular formula is C19H31N3O5S. The largest absolute Gasteiger partial charge is 0.461 e. The third-order valence-corrected chi connectivity index (χ3v) is 5.36. The number of nitrogens with zero attached hydrogens (tertiary/aromatic N) is 1. The molecule has 1 aliphatic heterocycles. The van der Waals surface area contributed by atoms with Gasteiger partial charge in [0.05, 0.1) is 6.54 Å². The molecule has 28 heavy (non-hydrogen) atoms. The van der Waals surface area contributed by atoms with Crippen LogP contribution in [0.5, 0.6) is 0 Å². The monoisotopic (exact) mass is 413 g/mol. The fourth-order valence-corrected chi connectivity index (χ4v) is 4.11. The van der Waals surface area contributed by atoms with Crippen LogP contribution < -0.4 is 10.6 Å². The predicted molar refractivity (Wildman–Crippen MR) is 109 cm³/mol. The van der Waals surface area contributed by atoms with Gasteiger partial charge in [0.15, 0.2) is 0 Å². The van der Waals surface area contributed by atoms with E-state index in [0.717, 1.165) is 24.8 Å². The molecule has 1 fully saturated rings. The first-order valence-electron chi connectivity index (χ1n) is 9.53. The fourth-order valence-electron chi connectivity index (χ4n) is 3.03. The second kappa shape index (κ2) is 13.2. The number of ether oxygens (including phenoxy) is 1. The molecule has 2 N–H and O–H groups in total. The van der Waals surface area contributed by atoms with Crippen molar-refractivity contribution in [2.24, 2.45) is 0 Å². The van der Waals surface area contributed by atoms with E-state index in [1.165, 1.54) is 6.92 Å². The van der Waals surface area contributed by atoms with Gasteiger partial charge in [-0.2, -0.15) is 11.8 Å². The number of esters is 1. The van der Waals surface area contributed by atoms with E-state index in [9.17, 15) is 19.2 Å². The molecule has 158 valence electrons. The summed E-state index contributed by atoms with van der Waals surface area (Å²) in [5, 5.41) is 5.56. The summed E-state index contributed by atoms with van der Waals surface area (Å²) in [6.45, 7) is 7.85. The molecule has 1 heterocycles. The third kappa shape index (κ3) is 9.77. The Kier molecular flexibility index (Phi) is 11.3. The number of amides is 3. The zero-order chi connectivity index (χ0) is 20.9. The predicted octanol–water partition coefficient (Wildman–Crippen LogP) is 0.861. The first-order valence-corrected chi connectivity index (χ1v) is 10.7. The van der Waals surface area contributed by atoms with Crippen LogP contribution in [0.25, 0.3) is 0 Å². The summed E-state index contributed by atoms with van der Waals surface area (Å²) < 4.78 is 4.79. The molecule has 0 aromatic carbocycles. The van der Waals surface area contributed by atoms with E-state index < -0.39 is 5.97 Å². The van der Waals surface area contributed by atoms with Gasteiger partial charge in [-0.3, -0.25) is 14.4 Å². The van der Waals surface area contributed by atoms with E-state index in [2.05, 4.69) is 17.2 Å². The van der Waals surface area contributed by atoms with Gasteiger partial charge < -0.3 is 20.3 Å². The maximum absolute atomic E-state index is 12.1. The highest BCUT2D eigenvalue weighted by Gasteiger charge is 2.29. The van der Waals surface area contributed by atoms with Crippen molar-refractivity contribution in [3.05, 3.63) is 12.7 Å². The molecule has 3 amide bonds. The average Bonchev–Trinajstić information content (AvgIpc) is 3.06. The van der Waals surface area contributed by atoms with E-state index in [1.807, 2.05) is 11.8 Å². The van der Waals surface area contributed by atoms with Crippen LogP contribution in [-0.2, 0) is 23.9 Å². The zero-order valence-corrected chi connectivity index (χ0v) is 17.5. The van der Waals surface area contributed by atoms with Crippen molar-refractivity contribution < 1.29 is 23.9 Å². The van der Waals surface area contributed by atoms with E-state index in [4.69, 9.17) is 4.74 Å². The molecule has 0 radical (unpaired) electrons. The summed E-state index contributed by atoms with van der Waals surface area (Å²) in [6.07, 6.45) is 3.57. The van der Waals surface area contributed by atoms with Gasteiger partial charge in [-0.25, -0.2) is 4.79 Å². The van der Waals surface area contributed by atoms with Crippen LogP contribution in [0.15, 0.2) is 12.7 Å². The molecule has 1 aliphatic rings. The van der Waals surface area contributed by atoms with Crippen molar-refractivity contribution in [3.63, 3.8) is 0 Å². The number of hydrogen-bond acceptors (Lipinski definition) is 6. The Morgan fingerprint density at radius 3 is 2.75 bits per heavy atom. The summed E-state index contributed by atoms with van der Waals surface area (Å²) in [6, 6.07) is 0.0290. The van der Waals surface area contributed by atoms with Gasteiger partial charge in [-0.15, -0.1) is 0 Å². The fraction of sp³-hybridized carbons (Fsp3) is 0.684. The van der Waals surface area contributed by atoms with Gasteiger partial charge in [0.1, 0.15) is 6.61 Å². The normalized spacial score (nSPS) is 15.6. The van der Waals surface area contributed by atoms with Gasteiger partial charge in [-0.1, -0.05) is 6.58 Å². The van der Waals surface area contributed by atoms with Crippen molar-refractivity contribution in [1.82, 2.24) is 15.5 Å². The number of carbonyl (C=O) groups excluding carboxylic acids is 4. The van der Waals surface area contributed by atoms with Crippen molar-refractivity contribution in [2.45, 2.75) is 51.6 Å². The summed E-state index contributed by atoms with van der Waals surface area (Å²) in [7, 11) is 0. The molecule has 0 aromatic heterocycles. The van der Waals surface area contributed by atoms with Crippen LogP contribution in [0.2, 0.25) is 0 Å². The van der Waals surface area contributed by atoms with Crippen molar-refractivity contribution in [1.29, 1.82) is 0 Å². The molecule has 1 rings (SSSR count). The molecule has 0 aliphatic carbocycles. The molecule has 9 heteroatoms. The highest BCUT2D eigenvalue weighted by Crippen LogP contribution is 2.21. The van der Waals surface area contributed by atoms with Crippen LogP contribution in [0.3, 0.4) is 0 Å². The van der Waals surface area contributed by atoms with Gasteiger partial charge in [0.25, 0.3) is 0 Å². The van der Waals surface area contributed by atoms with Gasteiger partial charge >= 0.3 is 5.97 Å². The topological polar surface area (TPSA) is 105 Å². The van der Waals surface area contributed by atoms with Crippen LogP contribution in [0.1, 0.15) is 39.5 Å². The van der Waals surface area contributed by atoms with Gasteiger partial charge in [0, 0.05) is 56.0 Å². The number of carbonyl (C=O) groups is 4. The minimum atomic E-state index is -0.513. The second-order valence-corrected chi connectivity index (χ2v) is 7.88. The molecule has 0 aromatic rings. The molecular weight excluding hydrogens is 382 g/mol. The van der Waals surface area contributed by atoms with Gasteiger partial charge in [-0.05, 0) is 19.8 Å². The number of rotatable bonds is 13. The summed E-state index contributed by atoms with van der Waals surface area (Å²) in [4.78, 5) is 48.0. The Balaban J connectivity index is 2.32. The molecule has 2 atom stereocenters. The molecule has 0 saturated carbocycles. The van der Waals surface area contributed by atoms with Crippen molar-refractivity contribution in [3.8, 4) is 0 Å². The van der Waals surface area contributed by atoms with Crippen LogP contribution in [0, 0.1) is 0 Å². The first kappa shape index (κ1) is 24.0. The van der Waals surface area contributed by atoms with Crippen molar-refractivity contribution >= 4 is 35.5 Å². The Hall–Kier alpha value is -2.03. The van der Waals surface area contributed by atoms with E-state index in [0.29, 0.717) is 25.0 Å². The SMILES string of the molecule is C=CC(=O)OCCNC(=O)CCSCC(CC(C)NC(C)=O)N1CCCC1=O. The number of hydrogen-bond donors (Lipinski definition) is 2. The van der Waals surface area contributed by atoms with Gasteiger partial charge in [0.2, 0.25) is 17.7 Å². The van der Waals surface area contributed by atoms with E-state index in [1.54, 1.807) is 11.8 Å². The number of nitrogens with one attached hydrogen (secondary N) is 2. The van der Waals surface area contributed by atoms with Crippen LogP contribution in [-0.4, -0.2) is 71.9 Å². The maximum atomic E-state index is 12.1. The molecule has 1 saturated heterocycles. The Morgan fingerprint density at radius 2 is 2.14 bits per heavy atom. The Labute approximate surface area is 170 Å². The summed E-state index contributed by atoms with van der Waals surface area (Å²) in [5.74, 6) is 0.809. The highest BCUT2D eigenvalue weighted by molar-refractivity contribution is 7.99. The second-order valence-electron chi connectivity index (χ2n) is 6.73. The summed E-state index contributed by atoms with van der Waals surface area (Å²) in [5.41, 5.74) is 0. The zero-order valence-electron chi connectivity index (χ0n) is 16.7. The van der Waals surface area contributed by atoms with Crippen molar-refractivity contribution in [2.75, 3.05) is 31.2 Å². The lowest BCUT2D eigenvalue weighted by Gasteiger charge is -2.30. The summed E-state index contributed by atoms with van der Waals surface area (Å²) >= 11 is 1.62. The smallest absolute Gasteiger partial charge is 0.330 e. The molecule has 8 nitrogen and oxygen atoms in total. The molecule has 2 unspecified atom stereocenters. The highest BCUT2D eigenvalue weighted by atomic mass is 32.2. The minimum Gasteiger partial charge on any atom is -0.461 e. The Bertz CT molecular complexity index is 570. The van der Waals surface area contributed by atoms with Crippen LogP contribution >= 0.6 is 11.8 Å². The maximum Gasteiger partial charge on any atom is 0.330 e.